The fourth-order valence-corrected chi connectivity index (χ4v) is 2.42. The summed E-state index contributed by atoms with van der Waals surface area (Å²) in [5, 5.41) is 10.9. The summed E-state index contributed by atoms with van der Waals surface area (Å²) in [5.41, 5.74) is -3.74. The van der Waals surface area contributed by atoms with Gasteiger partial charge in [0.25, 0.3) is 0 Å². The quantitative estimate of drug-likeness (QED) is 0.433. The molecule has 0 aromatic carbocycles. The van der Waals surface area contributed by atoms with E-state index in [-0.39, 0.29) is 0 Å². The van der Waals surface area contributed by atoms with E-state index in [1.807, 2.05) is 0 Å². The van der Waals surface area contributed by atoms with E-state index in [1.54, 1.807) is 55.4 Å². The number of hydrogen-bond acceptors (Lipinski definition) is 7. The third-order valence-corrected chi connectivity index (χ3v) is 3.76. The van der Waals surface area contributed by atoms with Crippen molar-refractivity contribution in [2.45, 2.75) is 79.6 Å². The van der Waals surface area contributed by atoms with E-state index in [1.165, 1.54) is 6.92 Å². The van der Waals surface area contributed by atoms with E-state index in [4.69, 9.17) is 14.2 Å². The second-order valence-electron chi connectivity index (χ2n) is 8.94. The van der Waals surface area contributed by atoms with Crippen LogP contribution in [0.15, 0.2) is 0 Å². The van der Waals surface area contributed by atoms with Gasteiger partial charge in [-0.2, -0.15) is 0 Å². The topological polar surface area (TPSA) is 99.1 Å². The van der Waals surface area contributed by atoms with Gasteiger partial charge in [-0.1, -0.05) is 13.8 Å². The van der Waals surface area contributed by atoms with Crippen LogP contribution >= 0.6 is 0 Å². The second kappa shape index (κ2) is 8.37. The maximum atomic E-state index is 12.7. The number of aliphatic hydroxyl groups excluding tert-OH is 1. The van der Waals surface area contributed by atoms with Crippen molar-refractivity contribution in [3.63, 3.8) is 0 Å². The number of rotatable bonds is 6. The maximum absolute atomic E-state index is 12.7. The molecule has 0 aliphatic rings. The first-order chi connectivity index (χ1) is 11.5. The largest absolute Gasteiger partial charge is 0.468 e. The van der Waals surface area contributed by atoms with Crippen LogP contribution < -0.4 is 0 Å². The van der Waals surface area contributed by atoms with Crippen molar-refractivity contribution in [3.05, 3.63) is 0 Å². The van der Waals surface area contributed by atoms with Gasteiger partial charge in [0.15, 0.2) is 5.41 Å². The van der Waals surface area contributed by atoms with Crippen LogP contribution in [0.1, 0.15) is 62.3 Å². The Morgan fingerprint density at radius 1 is 0.808 bits per heavy atom. The van der Waals surface area contributed by atoms with Gasteiger partial charge in [0.2, 0.25) is 0 Å². The van der Waals surface area contributed by atoms with Gasteiger partial charge in [0.1, 0.15) is 11.2 Å². The first-order valence-corrected chi connectivity index (χ1v) is 8.70. The molecule has 26 heavy (non-hydrogen) atoms. The Hall–Kier alpha value is -1.63. The van der Waals surface area contributed by atoms with Gasteiger partial charge in [-0.25, -0.2) is 0 Å². The van der Waals surface area contributed by atoms with Crippen LogP contribution in [0.3, 0.4) is 0 Å². The van der Waals surface area contributed by atoms with E-state index in [0.29, 0.717) is 0 Å². The summed E-state index contributed by atoms with van der Waals surface area (Å²) in [6.07, 6.45) is -1.68. The van der Waals surface area contributed by atoms with Crippen LogP contribution in [-0.2, 0) is 28.6 Å². The predicted octanol–water partition coefficient (Wildman–Crippen LogP) is 2.48. The number of carbonyl (C=O) groups excluding carboxylic acids is 3. The summed E-state index contributed by atoms with van der Waals surface area (Å²) in [4.78, 5) is 37.7. The molecule has 0 aromatic heterocycles. The molecular weight excluding hydrogens is 340 g/mol. The SMILES string of the molecule is COC(=O)[C@](C)(C(=O)OC(C)(C)C)C(O)[C@H](C(=O)OC(C)(C)C)C(C)C. The predicted molar refractivity (Wildman–Crippen MR) is 96.1 cm³/mol. The highest BCUT2D eigenvalue weighted by atomic mass is 16.6. The molecule has 0 aliphatic carbocycles. The molecule has 7 nitrogen and oxygen atoms in total. The lowest BCUT2D eigenvalue weighted by Gasteiger charge is -2.37. The molecule has 1 unspecified atom stereocenters. The monoisotopic (exact) mass is 374 g/mol. The molecule has 0 bridgehead atoms. The van der Waals surface area contributed by atoms with Gasteiger partial charge >= 0.3 is 17.9 Å². The molecule has 3 atom stereocenters. The Morgan fingerprint density at radius 3 is 1.54 bits per heavy atom. The Morgan fingerprint density at radius 2 is 1.23 bits per heavy atom. The molecule has 0 heterocycles. The van der Waals surface area contributed by atoms with Gasteiger partial charge < -0.3 is 19.3 Å². The zero-order valence-corrected chi connectivity index (χ0v) is 17.6. The summed E-state index contributed by atoms with van der Waals surface area (Å²) < 4.78 is 15.4. The Balaban J connectivity index is 6.02. The standard InChI is InChI=1S/C19H34O7/c1-11(2)12(14(21)25-17(3,4)5)13(20)19(9,15(22)24-10)16(23)26-18(6,7)8/h11-13,20H,1-10H3/t12-,13?,19-/m1/s1. The van der Waals surface area contributed by atoms with Crippen LogP contribution in [-0.4, -0.2) is 47.4 Å². The number of methoxy groups -OCH3 is 1. The lowest BCUT2D eigenvalue weighted by Crippen LogP contribution is -2.55. The minimum absolute atomic E-state index is 0.397. The van der Waals surface area contributed by atoms with Gasteiger partial charge in [-0.15, -0.1) is 0 Å². The average Bonchev–Trinajstić information content (AvgIpc) is 2.40. The van der Waals surface area contributed by atoms with Crippen molar-refractivity contribution in [1.82, 2.24) is 0 Å². The third-order valence-electron chi connectivity index (χ3n) is 3.76. The highest BCUT2D eigenvalue weighted by Crippen LogP contribution is 2.36. The maximum Gasteiger partial charge on any atom is 0.326 e. The van der Waals surface area contributed by atoms with E-state index in [9.17, 15) is 19.5 Å². The number of esters is 3. The molecule has 0 aromatic rings. The Kier molecular flexibility index (Phi) is 7.85. The van der Waals surface area contributed by atoms with Gasteiger partial charge in [0.05, 0.1) is 19.1 Å². The molecule has 0 radical (unpaired) electrons. The van der Waals surface area contributed by atoms with E-state index >= 15 is 0 Å². The van der Waals surface area contributed by atoms with Crippen LogP contribution in [0.25, 0.3) is 0 Å². The summed E-state index contributed by atoms with van der Waals surface area (Å²) in [7, 11) is 1.11. The van der Waals surface area contributed by atoms with Gasteiger partial charge in [0, 0.05) is 0 Å². The Bertz CT molecular complexity index is 525. The first kappa shape index (κ1) is 24.4. The number of ether oxygens (including phenoxy) is 3. The van der Waals surface area contributed by atoms with Crippen molar-refractivity contribution < 1.29 is 33.7 Å². The number of carbonyl (C=O) groups is 3. The molecular formula is C19H34O7. The summed E-state index contributed by atoms with van der Waals surface area (Å²) in [6, 6.07) is 0. The van der Waals surface area contributed by atoms with Crippen LogP contribution in [0.2, 0.25) is 0 Å². The lowest BCUT2D eigenvalue weighted by atomic mass is 9.73. The van der Waals surface area contributed by atoms with Crippen LogP contribution in [0.4, 0.5) is 0 Å². The fraction of sp³-hybridized carbons (Fsp3) is 0.842. The van der Waals surface area contributed by atoms with Crippen LogP contribution in [0.5, 0.6) is 0 Å². The number of hydrogen-bond donors (Lipinski definition) is 1. The van der Waals surface area contributed by atoms with Crippen molar-refractivity contribution in [2.75, 3.05) is 7.11 Å². The lowest BCUT2D eigenvalue weighted by molar-refractivity contribution is -0.193. The normalized spacial score (nSPS) is 17.1. The van der Waals surface area contributed by atoms with Crippen LogP contribution in [0, 0.1) is 17.3 Å². The highest BCUT2D eigenvalue weighted by Gasteiger charge is 2.56. The second-order valence-corrected chi connectivity index (χ2v) is 8.94. The minimum Gasteiger partial charge on any atom is -0.468 e. The highest BCUT2D eigenvalue weighted by molar-refractivity contribution is 6.01. The minimum atomic E-state index is -2.08. The molecule has 0 rings (SSSR count). The molecule has 0 saturated heterocycles. The summed E-state index contributed by atoms with van der Waals surface area (Å²) in [6.45, 7) is 14.6. The molecule has 1 N–H and O–H groups in total. The van der Waals surface area contributed by atoms with Gasteiger partial charge in [-0.05, 0) is 54.4 Å². The molecule has 0 aliphatic heterocycles. The number of aliphatic hydroxyl groups is 1. The summed E-state index contributed by atoms with van der Waals surface area (Å²) >= 11 is 0. The molecule has 152 valence electrons. The fourth-order valence-electron chi connectivity index (χ4n) is 2.42. The first-order valence-electron chi connectivity index (χ1n) is 8.70. The van der Waals surface area contributed by atoms with E-state index in [2.05, 4.69) is 0 Å². The third kappa shape index (κ3) is 6.27. The molecule has 0 saturated carbocycles. The molecule has 0 fully saturated rings. The van der Waals surface area contributed by atoms with Crippen molar-refractivity contribution in [2.24, 2.45) is 17.3 Å². The average molecular weight is 374 g/mol. The molecule has 7 heteroatoms. The molecule has 0 amide bonds. The smallest absolute Gasteiger partial charge is 0.326 e. The van der Waals surface area contributed by atoms with E-state index < -0.39 is 52.5 Å². The summed E-state index contributed by atoms with van der Waals surface area (Å²) in [5.74, 6) is -4.15. The van der Waals surface area contributed by atoms with E-state index in [0.717, 1.165) is 7.11 Å². The van der Waals surface area contributed by atoms with Crippen molar-refractivity contribution in [1.29, 1.82) is 0 Å². The Labute approximate surface area is 156 Å². The van der Waals surface area contributed by atoms with Crippen molar-refractivity contribution in [3.8, 4) is 0 Å². The zero-order chi connectivity index (χ0) is 21.1. The van der Waals surface area contributed by atoms with Crippen molar-refractivity contribution >= 4 is 17.9 Å². The van der Waals surface area contributed by atoms with Gasteiger partial charge in [-0.3, -0.25) is 14.4 Å². The molecule has 0 spiro atoms. The zero-order valence-electron chi connectivity index (χ0n) is 17.6.